The van der Waals surface area contributed by atoms with E-state index in [9.17, 15) is 14.3 Å². The molecule has 2 heterocycles. The van der Waals surface area contributed by atoms with E-state index in [1.54, 1.807) is 38.5 Å². The Balaban J connectivity index is 1.60. The number of amides is 1. The van der Waals surface area contributed by atoms with E-state index in [1.807, 2.05) is 4.90 Å². The van der Waals surface area contributed by atoms with E-state index < -0.39 is 5.60 Å². The zero-order valence-electron chi connectivity index (χ0n) is 15.0. The maximum atomic E-state index is 13.2. The van der Waals surface area contributed by atoms with Gasteiger partial charge in [-0.05, 0) is 42.7 Å². The van der Waals surface area contributed by atoms with Gasteiger partial charge in [-0.15, -0.1) is 0 Å². The Labute approximate surface area is 152 Å². The molecule has 1 aromatic carbocycles. The number of aromatic nitrogens is 2. The fourth-order valence-corrected chi connectivity index (χ4v) is 3.30. The van der Waals surface area contributed by atoms with Gasteiger partial charge in [0, 0.05) is 26.0 Å². The predicted octanol–water partition coefficient (Wildman–Crippen LogP) is 1.57. The summed E-state index contributed by atoms with van der Waals surface area (Å²) in [5.41, 5.74) is 0.543. The number of halogens is 1. The molecule has 138 valence electrons. The van der Waals surface area contributed by atoms with E-state index >= 15 is 0 Å². The maximum Gasteiger partial charge on any atom is 0.226 e. The van der Waals surface area contributed by atoms with Crippen LogP contribution in [0.15, 0.2) is 36.7 Å². The van der Waals surface area contributed by atoms with E-state index in [0.29, 0.717) is 25.5 Å². The highest BCUT2D eigenvalue weighted by atomic mass is 19.1. The first kappa shape index (κ1) is 18.3. The van der Waals surface area contributed by atoms with Gasteiger partial charge in [-0.3, -0.25) is 4.79 Å². The number of anilines is 1. The van der Waals surface area contributed by atoms with Crippen LogP contribution in [0.5, 0.6) is 0 Å². The van der Waals surface area contributed by atoms with Gasteiger partial charge in [-0.25, -0.2) is 14.4 Å². The van der Waals surface area contributed by atoms with Crippen molar-refractivity contribution in [2.75, 3.05) is 31.6 Å². The maximum absolute atomic E-state index is 13.2. The molecule has 0 spiro atoms. The first-order chi connectivity index (χ1) is 12.4. The lowest BCUT2D eigenvalue weighted by Gasteiger charge is -2.29. The van der Waals surface area contributed by atoms with Crippen LogP contribution >= 0.6 is 0 Å². The summed E-state index contributed by atoms with van der Waals surface area (Å²) >= 11 is 0. The van der Waals surface area contributed by atoms with Crippen molar-refractivity contribution >= 4 is 11.9 Å². The van der Waals surface area contributed by atoms with Gasteiger partial charge < -0.3 is 14.9 Å². The zero-order valence-corrected chi connectivity index (χ0v) is 15.0. The molecule has 0 saturated carbocycles. The van der Waals surface area contributed by atoms with Crippen molar-refractivity contribution in [3.8, 4) is 0 Å². The van der Waals surface area contributed by atoms with Crippen LogP contribution in [0.1, 0.15) is 17.5 Å². The van der Waals surface area contributed by atoms with Gasteiger partial charge >= 0.3 is 0 Å². The molecule has 0 unspecified atom stereocenters. The van der Waals surface area contributed by atoms with Crippen LogP contribution in [0.4, 0.5) is 10.3 Å². The molecule has 1 amide bonds. The molecule has 1 aromatic heterocycles. The van der Waals surface area contributed by atoms with Crippen LogP contribution in [0.25, 0.3) is 0 Å². The fourth-order valence-electron chi connectivity index (χ4n) is 3.30. The number of β-amino-alcohol motifs (C(OH)–C–C–N with tert-alkyl or cyclic N) is 1. The molecular weight excluding hydrogens is 335 g/mol. The van der Waals surface area contributed by atoms with Gasteiger partial charge in [0.15, 0.2) is 0 Å². The SMILES string of the molecule is Cc1cc(F)ccc1CC(=O)N(C)C[C@]1(O)CCN(c2ncccn2)C1. The average Bonchev–Trinajstić information content (AvgIpc) is 3.00. The van der Waals surface area contributed by atoms with Crippen molar-refractivity contribution in [2.24, 2.45) is 0 Å². The number of likely N-dealkylation sites (N-methyl/N-ethyl adjacent to an activating group) is 1. The van der Waals surface area contributed by atoms with E-state index in [-0.39, 0.29) is 24.7 Å². The van der Waals surface area contributed by atoms with Crippen LogP contribution in [0.2, 0.25) is 0 Å². The van der Waals surface area contributed by atoms with Gasteiger partial charge in [0.1, 0.15) is 11.4 Å². The Kier molecular flexibility index (Phi) is 5.18. The normalized spacial score (nSPS) is 19.6. The van der Waals surface area contributed by atoms with E-state index in [4.69, 9.17) is 0 Å². The summed E-state index contributed by atoms with van der Waals surface area (Å²) in [5, 5.41) is 10.9. The fraction of sp³-hybridized carbons (Fsp3) is 0.421. The first-order valence-electron chi connectivity index (χ1n) is 8.60. The number of rotatable bonds is 5. The quantitative estimate of drug-likeness (QED) is 0.879. The lowest BCUT2D eigenvalue weighted by Crippen LogP contribution is -2.46. The third-order valence-electron chi connectivity index (χ3n) is 4.77. The summed E-state index contributed by atoms with van der Waals surface area (Å²) in [6, 6.07) is 6.16. The molecule has 7 heteroatoms. The molecule has 1 N–H and O–H groups in total. The standard InChI is InChI=1S/C19H23FN4O2/c1-14-10-16(20)5-4-15(14)11-17(25)23(2)12-19(26)6-9-24(13-19)18-21-7-3-8-22-18/h3-5,7-8,10,26H,6,9,11-13H2,1-2H3/t19-/m1/s1. The van der Waals surface area contributed by atoms with E-state index in [0.717, 1.165) is 11.1 Å². The minimum Gasteiger partial charge on any atom is -0.386 e. The number of aryl methyl sites for hydroxylation is 1. The van der Waals surface area contributed by atoms with Gasteiger partial charge in [-0.2, -0.15) is 0 Å². The minimum atomic E-state index is -0.999. The predicted molar refractivity (Wildman–Crippen MR) is 96.3 cm³/mol. The number of benzene rings is 1. The van der Waals surface area contributed by atoms with E-state index in [1.165, 1.54) is 17.0 Å². The Morgan fingerprint density at radius 2 is 2.12 bits per heavy atom. The number of hydrogen-bond donors (Lipinski definition) is 1. The van der Waals surface area contributed by atoms with Crippen molar-refractivity contribution in [3.63, 3.8) is 0 Å². The Hall–Kier alpha value is -2.54. The molecule has 1 fully saturated rings. The van der Waals surface area contributed by atoms with Gasteiger partial charge in [0.05, 0.1) is 19.5 Å². The van der Waals surface area contributed by atoms with Crippen molar-refractivity contribution < 1.29 is 14.3 Å². The Morgan fingerprint density at radius 3 is 2.81 bits per heavy atom. The second-order valence-electron chi connectivity index (χ2n) is 6.94. The topological polar surface area (TPSA) is 69.6 Å². The van der Waals surface area contributed by atoms with Crippen molar-refractivity contribution in [1.82, 2.24) is 14.9 Å². The number of carbonyl (C=O) groups excluding carboxylic acids is 1. The number of aliphatic hydroxyl groups is 1. The Morgan fingerprint density at radius 1 is 1.38 bits per heavy atom. The molecule has 0 aliphatic carbocycles. The first-order valence-corrected chi connectivity index (χ1v) is 8.60. The molecule has 2 aromatic rings. The minimum absolute atomic E-state index is 0.109. The summed E-state index contributed by atoms with van der Waals surface area (Å²) < 4.78 is 13.2. The average molecular weight is 358 g/mol. The van der Waals surface area contributed by atoms with Gasteiger partial charge in [-0.1, -0.05) is 6.07 Å². The second-order valence-corrected chi connectivity index (χ2v) is 6.94. The van der Waals surface area contributed by atoms with Crippen LogP contribution in [-0.4, -0.2) is 58.2 Å². The second kappa shape index (κ2) is 7.37. The van der Waals surface area contributed by atoms with Crippen molar-refractivity contribution in [1.29, 1.82) is 0 Å². The molecule has 1 aliphatic rings. The summed E-state index contributed by atoms with van der Waals surface area (Å²) in [5.74, 6) is 0.164. The lowest BCUT2D eigenvalue weighted by molar-refractivity contribution is -0.132. The molecule has 3 rings (SSSR count). The molecule has 1 atom stereocenters. The smallest absolute Gasteiger partial charge is 0.226 e. The Bertz CT molecular complexity index is 786. The summed E-state index contributed by atoms with van der Waals surface area (Å²) in [6.07, 6.45) is 4.06. The van der Waals surface area contributed by atoms with Gasteiger partial charge in [0.2, 0.25) is 11.9 Å². The molecule has 1 aliphatic heterocycles. The van der Waals surface area contributed by atoms with Crippen LogP contribution in [0, 0.1) is 12.7 Å². The monoisotopic (exact) mass is 358 g/mol. The highest BCUT2D eigenvalue weighted by Gasteiger charge is 2.38. The third kappa shape index (κ3) is 4.16. The lowest BCUT2D eigenvalue weighted by atomic mass is 10.0. The van der Waals surface area contributed by atoms with E-state index in [2.05, 4.69) is 9.97 Å². The van der Waals surface area contributed by atoms with Crippen LogP contribution in [-0.2, 0) is 11.2 Å². The highest BCUT2D eigenvalue weighted by Crippen LogP contribution is 2.25. The summed E-state index contributed by atoms with van der Waals surface area (Å²) in [7, 11) is 1.68. The molecular formula is C19H23FN4O2. The molecule has 1 saturated heterocycles. The number of carbonyl (C=O) groups is 1. The number of nitrogens with zero attached hydrogens (tertiary/aromatic N) is 4. The third-order valence-corrected chi connectivity index (χ3v) is 4.77. The van der Waals surface area contributed by atoms with Crippen molar-refractivity contribution in [3.05, 3.63) is 53.6 Å². The van der Waals surface area contributed by atoms with Crippen molar-refractivity contribution in [2.45, 2.75) is 25.4 Å². The molecule has 0 bridgehead atoms. The van der Waals surface area contributed by atoms with Crippen LogP contribution < -0.4 is 4.90 Å². The largest absolute Gasteiger partial charge is 0.386 e. The summed E-state index contributed by atoms with van der Waals surface area (Å²) in [6.45, 7) is 3.03. The molecule has 26 heavy (non-hydrogen) atoms. The zero-order chi connectivity index (χ0) is 18.7. The number of hydrogen-bond acceptors (Lipinski definition) is 5. The van der Waals surface area contributed by atoms with Gasteiger partial charge in [0.25, 0.3) is 0 Å². The molecule has 0 radical (unpaired) electrons. The van der Waals surface area contributed by atoms with Crippen LogP contribution in [0.3, 0.4) is 0 Å². The highest BCUT2D eigenvalue weighted by molar-refractivity contribution is 5.79. The summed E-state index contributed by atoms with van der Waals surface area (Å²) in [4.78, 5) is 24.4. The molecule has 6 nitrogen and oxygen atoms in total.